The second-order valence-electron chi connectivity index (χ2n) is 3.43. The van der Waals surface area contributed by atoms with Crippen LogP contribution in [0.2, 0.25) is 5.15 Å². The molecule has 1 aromatic heterocycles. The molecule has 4 nitrogen and oxygen atoms in total. The predicted molar refractivity (Wildman–Crippen MR) is 68.1 cm³/mol. The van der Waals surface area contributed by atoms with E-state index in [1.807, 2.05) is 36.2 Å². The van der Waals surface area contributed by atoms with Gasteiger partial charge >= 0.3 is 0 Å². The van der Waals surface area contributed by atoms with E-state index in [1.165, 1.54) is 6.20 Å². The molecule has 0 atom stereocenters. The Morgan fingerprint density at radius 2 is 2.00 bits per heavy atom. The smallest absolute Gasteiger partial charge is 0.153 e. The number of benzene rings is 1. The third kappa shape index (κ3) is 2.47. The van der Waals surface area contributed by atoms with Crippen molar-refractivity contribution in [3.63, 3.8) is 0 Å². The molecular formula is C12H12ClN3O. The van der Waals surface area contributed by atoms with Gasteiger partial charge in [-0.3, -0.25) is 4.98 Å². The Labute approximate surface area is 105 Å². The second kappa shape index (κ2) is 5.01. The quantitative estimate of drug-likeness (QED) is 0.838. The molecule has 0 aliphatic carbocycles. The molecule has 17 heavy (non-hydrogen) atoms. The molecule has 0 unspecified atom stereocenters. The number of methoxy groups -OCH3 is 1. The summed E-state index contributed by atoms with van der Waals surface area (Å²) in [5, 5.41) is 0.365. The summed E-state index contributed by atoms with van der Waals surface area (Å²) < 4.78 is 5.30. The topological polar surface area (TPSA) is 38.2 Å². The standard InChI is InChI=1S/C12H12ClN3O/c1-16(12-8-14-7-11(13)15-12)9-5-3-4-6-10(9)17-2/h3-8H,1-2H3. The molecule has 0 amide bonds. The largest absolute Gasteiger partial charge is 0.495 e. The lowest BCUT2D eigenvalue weighted by Crippen LogP contribution is -2.12. The molecule has 0 fully saturated rings. The third-order valence-corrected chi connectivity index (χ3v) is 2.56. The lowest BCUT2D eigenvalue weighted by Gasteiger charge is -2.20. The molecule has 1 heterocycles. The first kappa shape index (κ1) is 11.7. The molecule has 1 aromatic carbocycles. The summed E-state index contributed by atoms with van der Waals surface area (Å²) in [7, 11) is 3.52. The Morgan fingerprint density at radius 3 is 2.71 bits per heavy atom. The maximum Gasteiger partial charge on any atom is 0.153 e. The molecule has 0 saturated heterocycles. The van der Waals surface area contributed by atoms with Crippen LogP contribution in [0.3, 0.4) is 0 Å². The van der Waals surface area contributed by atoms with Crippen LogP contribution in [0.15, 0.2) is 36.7 Å². The van der Waals surface area contributed by atoms with Crippen molar-refractivity contribution in [2.75, 3.05) is 19.1 Å². The first-order valence-corrected chi connectivity index (χ1v) is 5.44. The van der Waals surface area contributed by atoms with Crippen LogP contribution < -0.4 is 9.64 Å². The zero-order valence-electron chi connectivity index (χ0n) is 9.59. The third-order valence-electron chi connectivity index (χ3n) is 2.38. The van der Waals surface area contributed by atoms with Gasteiger partial charge < -0.3 is 9.64 Å². The van der Waals surface area contributed by atoms with Crippen LogP contribution in [0.25, 0.3) is 0 Å². The molecule has 5 heteroatoms. The van der Waals surface area contributed by atoms with Gasteiger partial charge in [-0.1, -0.05) is 23.7 Å². The van der Waals surface area contributed by atoms with Crippen molar-refractivity contribution < 1.29 is 4.74 Å². The van der Waals surface area contributed by atoms with E-state index in [-0.39, 0.29) is 0 Å². The van der Waals surface area contributed by atoms with Crippen LogP contribution in [-0.4, -0.2) is 24.1 Å². The van der Waals surface area contributed by atoms with Crippen molar-refractivity contribution in [1.82, 2.24) is 9.97 Å². The molecule has 0 aliphatic rings. The fourth-order valence-corrected chi connectivity index (χ4v) is 1.67. The second-order valence-corrected chi connectivity index (χ2v) is 3.82. The number of nitrogens with zero attached hydrogens (tertiary/aromatic N) is 3. The average molecular weight is 250 g/mol. The van der Waals surface area contributed by atoms with Crippen molar-refractivity contribution in [1.29, 1.82) is 0 Å². The van der Waals surface area contributed by atoms with Gasteiger partial charge in [0.25, 0.3) is 0 Å². The van der Waals surface area contributed by atoms with Crippen molar-refractivity contribution in [2.24, 2.45) is 0 Å². The fraction of sp³-hybridized carbons (Fsp3) is 0.167. The first-order chi connectivity index (χ1) is 8.22. The highest BCUT2D eigenvalue weighted by molar-refractivity contribution is 6.29. The molecule has 0 spiro atoms. The highest BCUT2D eigenvalue weighted by Gasteiger charge is 2.10. The van der Waals surface area contributed by atoms with Crippen molar-refractivity contribution in [2.45, 2.75) is 0 Å². The summed E-state index contributed by atoms with van der Waals surface area (Å²) >= 11 is 5.82. The summed E-state index contributed by atoms with van der Waals surface area (Å²) in [4.78, 5) is 10.1. The van der Waals surface area contributed by atoms with Crippen LogP contribution in [0.5, 0.6) is 5.75 Å². The SMILES string of the molecule is COc1ccccc1N(C)c1cncc(Cl)n1. The minimum Gasteiger partial charge on any atom is -0.495 e. The highest BCUT2D eigenvalue weighted by Crippen LogP contribution is 2.30. The van der Waals surface area contributed by atoms with Gasteiger partial charge in [-0.05, 0) is 12.1 Å². The van der Waals surface area contributed by atoms with Gasteiger partial charge in [0.05, 0.1) is 25.2 Å². The van der Waals surface area contributed by atoms with Crippen LogP contribution in [0.4, 0.5) is 11.5 Å². The van der Waals surface area contributed by atoms with Gasteiger partial charge in [-0.25, -0.2) is 4.98 Å². The van der Waals surface area contributed by atoms with Gasteiger partial charge in [0.2, 0.25) is 0 Å². The van der Waals surface area contributed by atoms with E-state index in [1.54, 1.807) is 13.3 Å². The monoisotopic (exact) mass is 249 g/mol. The number of anilines is 2. The molecule has 0 N–H and O–H groups in total. The minimum absolute atomic E-state index is 0.365. The number of para-hydroxylation sites is 2. The Bertz CT molecular complexity index is 519. The molecular weight excluding hydrogens is 238 g/mol. The van der Waals surface area contributed by atoms with Gasteiger partial charge in [-0.2, -0.15) is 0 Å². The van der Waals surface area contributed by atoms with Crippen LogP contribution in [0, 0.1) is 0 Å². The fourth-order valence-electron chi connectivity index (χ4n) is 1.52. The number of aromatic nitrogens is 2. The summed E-state index contributed by atoms with van der Waals surface area (Å²) in [5.74, 6) is 1.44. The highest BCUT2D eigenvalue weighted by atomic mass is 35.5. The predicted octanol–water partition coefficient (Wildman–Crippen LogP) is 2.91. The van der Waals surface area contributed by atoms with Crippen LogP contribution >= 0.6 is 11.6 Å². The number of hydrogen-bond acceptors (Lipinski definition) is 4. The van der Waals surface area contributed by atoms with Crippen molar-refractivity contribution in [3.8, 4) is 5.75 Å². The molecule has 0 bridgehead atoms. The maximum atomic E-state index is 5.82. The van der Waals surface area contributed by atoms with E-state index in [0.29, 0.717) is 11.0 Å². The van der Waals surface area contributed by atoms with Gasteiger partial charge in [0.1, 0.15) is 10.9 Å². The van der Waals surface area contributed by atoms with Crippen molar-refractivity contribution >= 4 is 23.1 Å². The Kier molecular flexibility index (Phi) is 3.44. The molecule has 0 radical (unpaired) electrons. The lowest BCUT2D eigenvalue weighted by atomic mass is 10.2. The first-order valence-electron chi connectivity index (χ1n) is 5.06. The normalized spacial score (nSPS) is 10.1. The van der Waals surface area contributed by atoms with Crippen LogP contribution in [0.1, 0.15) is 0 Å². The van der Waals surface area contributed by atoms with E-state index in [0.717, 1.165) is 11.4 Å². The van der Waals surface area contributed by atoms with Gasteiger partial charge in [0, 0.05) is 7.05 Å². The Morgan fingerprint density at radius 1 is 1.24 bits per heavy atom. The summed E-state index contributed by atoms with van der Waals surface area (Å²) in [6, 6.07) is 7.69. The molecule has 0 saturated carbocycles. The number of rotatable bonds is 3. The van der Waals surface area contributed by atoms with Crippen LogP contribution in [-0.2, 0) is 0 Å². The van der Waals surface area contributed by atoms with Gasteiger partial charge in [0.15, 0.2) is 5.82 Å². The maximum absolute atomic E-state index is 5.82. The van der Waals surface area contributed by atoms with Gasteiger partial charge in [-0.15, -0.1) is 0 Å². The molecule has 2 aromatic rings. The number of ether oxygens (including phenoxy) is 1. The molecule has 88 valence electrons. The van der Waals surface area contributed by atoms with Crippen molar-refractivity contribution in [3.05, 3.63) is 41.8 Å². The zero-order chi connectivity index (χ0) is 12.3. The summed E-state index contributed by atoms with van der Waals surface area (Å²) in [6.45, 7) is 0. The van der Waals surface area contributed by atoms with E-state index in [2.05, 4.69) is 9.97 Å². The van der Waals surface area contributed by atoms with E-state index >= 15 is 0 Å². The summed E-state index contributed by atoms with van der Waals surface area (Å²) in [5.41, 5.74) is 0.909. The minimum atomic E-state index is 0.365. The Hall–Kier alpha value is -1.81. The molecule has 2 rings (SSSR count). The molecule has 0 aliphatic heterocycles. The van der Waals surface area contributed by atoms with E-state index < -0.39 is 0 Å². The summed E-state index contributed by atoms with van der Waals surface area (Å²) in [6.07, 6.45) is 3.15. The van der Waals surface area contributed by atoms with E-state index in [9.17, 15) is 0 Å². The zero-order valence-corrected chi connectivity index (χ0v) is 10.3. The number of hydrogen-bond donors (Lipinski definition) is 0. The number of halogens is 1. The van der Waals surface area contributed by atoms with E-state index in [4.69, 9.17) is 16.3 Å². The lowest BCUT2D eigenvalue weighted by molar-refractivity contribution is 0.415. The Balaban J connectivity index is 2.40. The average Bonchev–Trinajstić information content (AvgIpc) is 2.38.